The van der Waals surface area contributed by atoms with Gasteiger partial charge in [-0.1, -0.05) is 12.1 Å². The monoisotopic (exact) mass is 333 g/mol. The van der Waals surface area contributed by atoms with Crippen molar-refractivity contribution in [2.24, 2.45) is 0 Å². The van der Waals surface area contributed by atoms with E-state index < -0.39 is 5.60 Å². The van der Waals surface area contributed by atoms with Crippen LogP contribution in [0, 0.1) is 0 Å². The predicted molar refractivity (Wildman–Crippen MR) is 93.6 cm³/mol. The fourth-order valence-corrected chi connectivity index (χ4v) is 2.56. The zero-order valence-electron chi connectivity index (χ0n) is 14.7. The molecular weight excluding hydrogens is 306 g/mol. The smallest absolute Gasteiger partial charge is 0.410 e. The molecule has 0 unspecified atom stereocenters. The van der Waals surface area contributed by atoms with Crippen molar-refractivity contribution in [2.75, 3.05) is 31.9 Å². The summed E-state index contributed by atoms with van der Waals surface area (Å²) in [5, 5.41) is 0. The highest BCUT2D eigenvalue weighted by atomic mass is 16.6. The highest BCUT2D eigenvalue weighted by Crippen LogP contribution is 2.13. The molecule has 1 saturated heterocycles. The SMILES string of the molecule is CC(C)(C)OC(=O)N1CCN(C(=O)CCc2ccc(N)cc2)CC1. The number of nitrogens with zero attached hydrogens (tertiary/aromatic N) is 2. The largest absolute Gasteiger partial charge is 0.444 e. The van der Waals surface area contributed by atoms with Gasteiger partial charge in [0, 0.05) is 38.3 Å². The van der Waals surface area contributed by atoms with E-state index in [1.54, 1.807) is 4.90 Å². The number of anilines is 1. The van der Waals surface area contributed by atoms with Gasteiger partial charge in [-0.3, -0.25) is 4.79 Å². The molecule has 1 aromatic rings. The number of hydrogen-bond acceptors (Lipinski definition) is 4. The van der Waals surface area contributed by atoms with Crippen molar-refractivity contribution in [1.29, 1.82) is 0 Å². The highest BCUT2D eigenvalue weighted by molar-refractivity contribution is 5.77. The van der Waals surface area contributed by atoms with Crippen molar-refractivity contribution in [2.45, 2.75) is 39.2 Å². The number of ether oxygens (including phenoxy) is 1. The van der Waals surface area contributed by atoms with Crippen LogP contribution >= 0.6 is 0 Å². The fourth-order valence-electron chi connectivity index (χ4n) is 2.56. The Morgan fingerprint density at radius 1 is 1.04 bits per heavy atom. The van der Waals surface area contributed by atoms with E-state index in [4.69, 9.17) is 10.5 Å². The van der Waals surface area contributed by atoms with Crippen molar-refractivity contribution in [3.63, 3.8) is 0 Å². The summed E-state index contributed by atoms with van der Waals surface area (Å²) in [5.41, 5.74) is 6.99. The van der Waals surface area contributed by atoms with Crippen LogP contribution in [0.5, 0.6) is 0 Å². The average molecular weight is 333 g/mol. The Kier molecular flexibility index (Phi) is 5.70. The second-order valence-electron chi connectivity index (χ2n) is 7.09. The van der Waals surface area contributed by atoms with E-state index in [1.165, 1.54) is 0 Å². The third-order valence-electron chi connectivity index (χ3n) is 3.89. The van der Waals surface area contributed by atoms with Crippen molar-refractivity contribution >= 4 is 17.7 Å². The minimum atomic E-state index is -0.497. The number of carbonyl (C=O) groups excluding carboxylic acids is 2. The molecule has 0 atom stereocenters. The van der Waals surface area contributed by atoms with Crippen LogP contribution in [0.25, 0.3) is 0 Å². The van der Waals surface area contributed by atoms with Crippen LogP contribution in [0.4, 0.5) is 10.5 Å². The lowest BCUT2D eigenvalue weighted by molar-refractivity contribution is -0.132. The molecule has 132 valence electrons. The molecule has 0 spiro atoms. The first-order valence-corrected chi connectivity index (χ1v) is 8.35. The predicted octanol–water partition coefficient (Wildman–Crippen LogP) is 2.28. The Balaban J connectivity index is 1.76. The number of aryl methyl sites for hydroxylation is 1. The molecule has 2 rings (SSSR count). The minimum Gasteiger partial charge on any atom is -0.444 e. The average Bonchev–Trinajstić information content (AvgIpc) is 2.52. The molecule has 2 N–H and O–H groups in total. The lowest BCUT2D eigenvalue weighted by Gasteiger charge is -2.35. The van der Waals surface area contributed by atoms with E-state index in [0.29, 0.717) is 39.0 Å². The van der Waals surface area contributed by atoms with Gasteiger partial charge in [0.15, 0.2) is 0 Å². The standard InChI is InChI=1S/C18H27N3O3/c1-18(2,3)24-17(23)21-12-10-20(11-13-21)16(22)9-6-14-4-7-15(19)8-5-14/h4-5,7-8H,6,9-13,19H2,1-3H3. The molecule has 6 heteroatoms. The van der Waals surface area contributed by atoms with Gasteiger partial charge in [0.1, 0.15) is 5.60 Å². The number of nitrogen functional groups attached to an aromatic ring is 1. The number of benzene rings is 1. The molecule has 0 bridgehead atoms. The van der Waals surface area contributed by atoms with E-state index in [1.807, 2.05) is 49.9 Å². The molecule has 2 amide bonds. The summed E-state index contributed by atoms with van der Waals surface area (Å²) in [6, 6.07) is 7.59. The molecule has 6 nitrogen and oxygen atoms in total. The Bertz CT molecular complexity index is 570. The van der Waals surface area contributed by atoms with Crippen LogP contribution in [0.3, 0.4) is 0 Å². The van der Waals surface area contributed by atoms with Gasteiger partial charge in [0.05, 0.1) is 0 Å². The van der Waals surface area contributed by atoms with Gasteiger partial charge < -0.3 is 20.3 Å². The fraction of sp³-hybridized carbons (Fsp3) is 0.556. The molecule has 1 fully saturated rings. The third kappa shape index (κ3) is 5.44. The van der Waals surface area contributed by atoms with Crippen LogP contribution in [-0.4, -0.2) is 53.6 Å². The summed E-state index contributed by atoms with van der Waals surface area (Å²) in [6.45, 7) is 7.69. The molecule has 1 aliphatic heterocycles. The van der Waals surface area contributed by atoms with E-state index >= 15 is 0 Å². The third-order valence-corrected chi connectivity index (χ3v) is 3.89. The van der Waals surface area contributed by atoms with Gasteiger partial charge in [-0.25, -0.2) is 4.79 Å². The van der Waals surface area contributed by atoms with Crippen LogP contribution in [0.1, 0.15) is 32.8 Å². The van der Waals surface area contributed by atoms with Crippen LogP contribution in [-0.2, 0) is 16.0 Å². The molecule has 0 aromatic heterocycles. The van der Waals surface area contributed by atoms with Crippen molar-refractivity contribution < 1.29 is 14.3 Å². The number of hydrogen-bond donors (Lipinski definition) is 1. The molecule has 24 heavy (non-hydrogen) atoms. The first kappa shape index (κ1) is 18.1. The van der Waals surface area contributed by atoms with Crippen molar-refractivity contribution in [3.8, 4) is 0 Å². The van der Waals surface area contributed by atoms with E-state index in [9.17, 15) is 9.59 Å². The lowest BCUT2D eigenvalue weighted by Crippen LogP contribution is -2.51. The topological polar surface area (TPSA) is 75.9 Å². The zero-order valence-corrected chi connectivity index (χ0v) is 14.7. The van der Waals surface area contributed by atoms with Crippen LogP contribution in [0.2, 0.25) is 0 Å². The molecule has 1 aliphatic rings. The van der Waals surface area contributed by atoms with Gasteiger partial charge in [-0.15, -0.1) is 0 Å². The minimum absolute atomic E-state index is 0.121. The Hall–Kier alpha value is -2.24. The number of nitrogens with two attached hydrogens (primary N) is 1. The van der Waals surface area contributed by atoms with Gasteiger partial charge in [-0.2, -0.15) is 0 Å². The summed E-state index contributed by atoms with van der Waals surface area (Å²) in [7, 11) is 0. The normalized spacial score (nSPS) is 15.3. The van der Waals surface area contributed by atoms with Gasteiger partial charge in [0.2, 0.25) is 5.91 Å². The van der Waals surface area contributed by atoms with Gasteiger partial charge in [0.25, 0.3) is 0 Å². The van der Waals surface area contributed by atoms with Crippen LogP contribution in [0.15, 0.2) is 24.3 Å². The molecule has 1 heterocycles. The molecular formula is C18H27N3O3. The summed E-state index contributed by atoms with van der Waals surface area (Å²) in [4.78, 5) is 27.8. The molecule has 0 aliphatic carbocycles. The molecule has 1 aromatic carbocycles. The Morgan fingerprint density at radius 3 is 2.12 bits per heavy atom. The maximum atomic E-state index is 12.3. The highest BCUT2D eigenvalue weighted by Gasteiger charge is 2.27. The van der Waals surface area contributed by atoms with E-state index in [2.05, 4.69) is 0 Å². The first-order valence-electron chi connectivity index (χ1n) is 8.35. The Morgan fingerprint density at radius 2 is 1.58 bits per heavy atom. The zero-order chi connectivity index (χ0) is 17.7. The van der Waals surface area contributed by atoms with E-state index in [-0.39, 0.29) is 12.0 Å². The summed E-state index contributed by atoms with van der Waals surface area (Å²) < 4.78 is 5.36. The van der Waals surface area contributed by atoms with Gasteiger partial charge in [-0.05, 0) is 44.9 Å². The number of carbonyl (C=O) groups is 2. The van der Waals surface area contributed by atoms with Gasteiger partial charge >= 0.3 is 6.09 Å². The second kappa shape index (κ2) is 7.55. The molecule has 0 saturated carbocycles. The molecule has 0 radical (unpaired) electrons. The first-order chi connectivity index (χ1) is 11.2. The maximum absolute atomic E-state index is 12.3. The number of amides is 2. The number of rotatable bonds is 3. The quantitative estimate of drug-likeness (QED) is 0.861. The summed E-state index contributed by atoms with van der Waals surface area (Å²) >= 11 is 0. The second-order valence-corrected chi connectivity index (χ2v) is 7.09. The van der Waals surface area contributed by atoms with Crippen molar-refractivity contribution in [3.05, 3.63) is 29.8 Å². The number of piperazine rings is 1. The summed E-state index contributed by atoms with van der Waals surface area (Å²) in [6.07, 6.45) is 0.860. The lowest BCUT2D eigenvalue weighted by atomic mass is 10.1. The summed E-state index contributed by atoms with van der Waals surface area (Å²) in [5.74, 6) is 0.121. The maximum Gasteiger partial charge on any atom is 0.410 e. The van der Waals surface area contributed by atoms with Crippen LogP contribution < -0.4 is 5.73 Å². The Labute approximate surface area is 143 Å². The van der Waals surface area contributed by atoms with E-state index in [0.717, 1.165) is 11.3 Å². The van der Waals surface area contributed by atoms with Crippen molar-refractivity contribution in [1.82, 2.24) is 9.80 Å².